The fraction of sp³-hybridized carbons (Fsp3) is 0.148. The maximum absolute atomic E-state index is 13.1. The smallest absolute Gasteiger partial charge is 0.337 e. The van der Waals surface area contributed by atoms with E-state index in [0.717, 1.165) is 22.2 Å². The van der Waals surface area contributed by atoms with Crippen molar-refractivity contribution in [2.24, 2.45) is 7.05 Å². The molecule has 0 spiro atoms. The first-order valence-electron chi connectivity index (χ1n) is 10.9. The van der Waals surface area contributed by atoms with Gasteiger partial charge in [-0.3, -0.25) is 4.79 Å². The van der Waals surface area contributed by atoms with Crippen molar-refractivity contribution in [1.82, 2.24) is 9.55 Å². The van der Waals surface area contributed by atoms with Crippen molar-refractivity contribution in [3.05, 3.63) is 93.8 Å². The molecule has 1 atom stereocenters. The number of hydrogen-bond acceptors (Lipinski definition) is 5. The molecule has 0 fully saturated rings. The number of hydrogen-bond donors (Lipinski definition) is 2. The molecule has 0 bridgehead atoms. The summed E-state index contributed by atoms with van der Waals surface area (Å²) in [5.41, 5.74) is 3.99. The maximum atomic E-state index is 13.1. The summed E-state index contributed by atoms with van der Waals surface area (Å²) in [5, 5.41) is 14.3. The number of aromatic carboxylic acids is 1. The zero-order valence-corrected chi connectivity index (χ0v) is 19.0. The number of para-hydroxylation sites is 1. The van der Waals surface area contributed by atoms with Crippen LogP contribution >= 0.6 is 0 Å². The second-order valence-corrected chi connectivity index (χ2v) is 8.46. The summed E-state index contributed by atoms with van der Waals surface area (Å²) in [6, 6.07) is 17.4. The van der Waals surface area contributed by atoms with Crippen molar-refractivity contribution in [2.45, 2.75) is 19.9 Å². The third-order valence-electron chi connectivity index (χ3n) is 5.97. The molecule has 34 heavy (non-hydrogen) atoms. The molecule has 5 aromatic rings. The highest BCUT2D eigenvalue weighted by molar-refractivity contribution is 5.94. The largest absolute Gasteiger partial charge is 0.478 e. The Balaban J connectivity index is 1.65. The molecule has 0 aliphatic heterocycles. The van der Waals surface area contributed by atoms with Gasteiger partial charge in [0.25, 0.3) is 0 Å². The number of anilines is 1. The minimum atomic E-state index is -1.01. The van der Waals surface area contributed by atoms with E-state index in [1.54, 1.807) is 30.3 Å². The van der Waals surface area contributed by atoms with Crippen molar-refractivity contribution in [2.75, 3.05) is 5.32 Å². The molecule has 0 saturated heterocycles. The molecule has 7 nitrogen and oxygen atoms in total. The van der Waals surface area contributed by atoms with E-state index in [1.807, 2.05) is 55.9 Å². The van der Waals surface area contributed by atoms with Crippen LogP contribution in [-0.4, -0.2) is 20.6 Å². The summed E-state index contributed by atoms with van der Waals surface area (Å²) < 4.78 is 8.20. The molecule has 0 saturated carbocycles. The fourth-order valence-corrected chi connectivity index (χ4v) is 4.26. The topological polar surface area (TPSA) is 97.4 Å². The average molecular weight is 453 g/mol. The Labute approximate surface area is 195 Å². The van der Waals surface area contributed by atoms with Gasteiger partial charge >= 0.3 is 5.97 Å². The monoisotopic (exact) mass is 453 g/mol. The Morgan fingerprint density at radius 3 is 2.71 bits per heavy atom. The number of carboxylic acid groups (broad SMARTS) is 1. The molecule has 3 aromatic heterocycles. The first-order valence-corrected chi connectivity index (χ1v) is 10.9. The number of aromatic nitrogens is 2. The maximum Gasteiger partial charge on any atom is 0.337 e. The number of aryl methyl sites for hydroxylation is 2. The molecular formula is C27H23N3O4. The highest BCUT2D eigenvalue weighted by Gasteiger charge is 2.19. The van der Waals surface area contributed by atoms with E-state index in [0.29, 0.717) is 28.1 Å². The molecule has 0 amide bonds. The SMILES string of the molecule is Cc1cc(C(C)Nc2ccccc2C(=O)O)c2oc(-c3ccc4ccn(C)c4n3)cc(=O)c2c1. The third kappa shape index (κ3) is 3.71. The number of fused-ring (bicyclic) bond motifs is 2. The minimum Gasteiger partial charge on any atom is -0.478 e. The van der Waals surface area contributed by atoms with Gasteiger partial charge in [-0.15, -0.1) is 0 Å². The molecule has 5 rings (SSSR count). The van der Waals surface area contributed by atoms with Crippen LogP contribution in [0.25, 0.3) is 33.5 Å². The van der Waals surface area contributed by atoms with Crippen LogP contribution in [0.15, 0.2) is 76.1 Å². The average Bonchev–Trinajstić information content (AvgIpc) is 3.19. The van der Waals surface area contributed by atoms with Gasteiger partial charge in [-0.25, -0.2) is 9.78 Å². The van der Waals surface area contributed by atoms with Gasteiger partial charge < -0.3 is 19.4 Å². The number of benzene rings is 2. The Bertz CT molecular complexity index is 1630. The molecule has 2 N–H and O–H groups in total. The normalized spacial score (nSPS) is 12.2. The van der Waals surface area contributed by atoms with Gasteiger partial charge in [0.2, 0.25) is 0 Å². The van der Waals surface area contributed by atoms with Crippen molar-refractivity contribution >= 4 is 33.7 Å². The van der Waals surface area contributed by atoms with Crippen LogP contribution < -0.4 is 10.7 Å². The van der Waals surface area contributed by atoms with Crippen LogP contribution in [0.2, 0.25) is 0 Å². The number of carbonyl (C=O) groups is 1. The van der Waals surface area contributed by atoms with Gasteiger partial charge in [-0.2, -0.15) is 0 Å². The summed E-state index contributed by atoms with van der Waals surface area (Å²) in [6.45, 7) is 3.83. The van der Waals surface area contributed by atoms with Crippen LogP contribution in [0.3, 0.4) is 0 Å². The number of nitrogens with one attached hydrogen (secondary N) is 1. The van der Waals surface area contributed by atoms with Crippen LogP contribution in [0, 0.1) is 6.92 Å². The van der Waals surface area contributed by atoms with E-state index in [-0.39, 0.29) is 17.0 Å². The molecule has 1 unspecified atom stereocenters. The molecule has 2 aromatic carbocycles. The van der Waals surface area contributed by atoms with Crippen LogP contribution in [0.1, 0.15) is 34.5 Å². The molecule has 170 valence electrons. The van der Waals surface area contributed by atoms with Crippen molar-refractivity contribution in [3.8, 4) is 11.5 Å². The Hall–Kier alpha value is -4.39. The molecular weight excluding hydrogens is 430 g/mol. The predicted molar refractivity (Wildman–Crippen MR) is 132 cm³/mol. The number of nitrogens with zero attached hydrogens (tertiary/aromatic N) is 2. The highest BCUT2D eigenvalue weighted by Crippen LogP contribution is 2.31. The summed E-state index contributed by atoms with van der Waals surface area (Å²) in [4.78, 5) is 29.4. The molecule has 3 heterocycles. The summed E-state index contributed by atoms with van der Waals surface area (Å²) in [7, 11) is 1.92. The van der Waals surface area contributed by atoms with Crippen LogP contribution in [0.4, 0.5) is 5.69 Å². The van der Waals surface area contributed by atoms with Crippen molar-refractivity contribution in [1.29, 1.82) is 0 Å². The molecule has 0 aliphatic rings. The van der Waals surface area contributed by atoms with E-state index in [1.165, 1.54) is 6.07 Å². The third-order valence-corrected chi connectivity index (χ3v) is 5.97. The first kappa shape index (κ1) is 21.5. The van der Waals surface area contributed by atoms with E-state index in [9.17, 15) is 14.7 Å². The Morgan fingerprint density at radius 2 is 1.91 bits per heavy atom. The number of rotatable bonds is 5. The Kier molecular flexibility index (Phi) is 5.17. The molecule has 0 radical (unpaired) electrons. The lowest BCUT2D eigenvalue weighted by Gasteiger charge is -2.19. The zero-order valence-electron chi connectivity index (χ0n) is 19.0. The zero-order chi connectivity index (χ0) is 24.0. The lowest BCUT2D eigenvalue weighted by molar-refractivity contribution is 0.0698. The highest BCUT2D eigenvalue weighted by atomic mass is 16.4. The van der Waals surface area contributed by atoms with E-state index >= 15 is 0 Å². The standard InChI is InChI=1S/C27H23N3O4/c1-15-12-19(16(2)28-21-7-5-4-6-18(21)27(32)33)25-20(13-15)23(31)14-24(34-25)22-9-8-17-10-11-30(3)26(17)29-22/h4-14,16,28H,1-3H3,(H,32,33). The number of pyridine rings is 1. The second-order valence-electron chi connectivity index (χ2n) is 8.46. The predicted octanol–water partition coefficient (Wildman–Crippen LogP) is 5.53. The van der Waals surface area contributed by atoms with E-state index < -0.39 is 5.97 Å². The Morgan fingerprint density at radius 1 is 1.12 bits per heavy atom. The number of carboxylic acids is 1. The second kappa shape index (κ2) is 8.19. The van der Waals surface area contributed by atoms with Crippen molar-refractivity contribution in [3.63, 3.8) is 0 Å². The quantitative estimate of drug-likeness (QED) is 0.363. The van der Waals surface area contributed by atoms with Gasteiger partial charge in [0.1, 0.15) is 16.9 Å². The summed E-state index contributed by atoms with van der Waals surface area (Å²) in [5.74, 6) is -0.635. The van der Waals surface area contributed by atoms with Crippen molar-refractivity contribution < 1.29 is 14.3 Å². The minimum absolute atomic E-state index is 0.159. The molecule has 7 heteroatoms. The summed E-state index contributed by atoms with van der Waals surface area (Å²) >= 11 is 0. The fourth-order valence-electron chi connectivity index (χ4n) is 4.26. The summed E-state index contributed by atoms with van der Waals surface area (Å²) in [6.07, 6.45) is 1.93. The van der Waals surface area contributed by atoms with Gasteiger partial charge in [-0.1, -0.05) is 18.2 Å². The van der Waals surface area contributed by atoms with Crippen LogP contribution in [-0.2, 0) is 7.05 Å². The lowest BCUT2D eigenvalue weighted by Crippen LogP contribution is -2.12. The van der Waals surface area contributed by atoms with Gasteiger partial charge in [-0.05, 0) is 55.8 Å². The van der Waals surface area contributed by atoms with Gasteiger partial charge in [0.05, 0.1) is 17.0 Å². The first-order chi connectivity index (χ1) is 16.3. The van der Waals surface area contributed by atoms with Gasteiger partial charge in [0.15, 0.2) is 11.2 Å². The van der Waals surface area contributed by atoms with Gasteiger partial charge in [0, 0.05) is 35.9 Å². The lowest BCUT2D eigenvalue weighted by atomic mass is 10.0. The van der Waals surface area contributed by atoms with E-state index in [4.69, 9.17) is 9.40 Å². The molecule has 0 aliphatic carbocycles. The van der Waals surface area contributed by atoms with E-state index in [2.05, 4.69) is 5.32 Å². The van der Waals surface area contributed by atoms with Crippen LogP contribution in [0.5, 0.6) is 0 Å².